The first-order chi connectivity index (χ1) is 27.8. The molecule has 4 aromatic heterocycles. The standard InChI is InChI=1S/C51H32N4O/c1-4-14-33(15-5-1)34-24-26-35(27-25-34)43-32-44(54-50(53-43)38-18-8-3-9-19-38)36-28-30-39(31-29-36)55-45-23-13-11-21-41(45)47-46-40-20-10-12-22-42(40)52-48(49(46)56-51(47)55)37-16-6-2-7-17-37/h1-32H. The van der Waals surface area contributed by atoms with Crippen LogP contribution in [0.3, 0.4) is 0 Å². The van der Waals surface area contributed by atoms with Crippen LogP contribution in [0, 0.1) is 0 Å². The van der Waals surface area contributed by atoms with Crippen molar-refractivity contribution in [3.8, 4) is 62.0 Å². The Kier molecular flexibility index (Phi) is 7.42. The summed E-state index contributed by atoms with van der Waals surface area (Å²) in [6, 6.07) is 67.1. The molecule has 0 unspecified atom stereocenters. The Balaban J connectivity index is 1.06. The van der Waals surface area contributed by atoms with Gasteiger partial charge >= 0.3 is 0 Å². The molecule has 11 aromatic rings. The monoisotopic (exact) mass is 716 g/mol. The largest absolute Gasteiger partial charge is 0.437 e. The molecular formula is C51H32N4O. The predicted octanol–water partition coefficient (Wildman–Crippen LogP) is 13.2. The van der Waals surface area contributed by atoms with Crippen LogP contribution < -0.4 is 0 Å². The molecule has 5 heteroatoms. The number of fused-ring (bicyclic) bond motifs is 7. The maximum Gasteiger partial charge on any atom is 0.213 e. The van der Waals surface area contributed by atoms with Gasteiger partial charge in [-0.25, -0.2) is 15.0 Å². The lowest BCUT2D eigenvalue weighted by Crippen LogP contribution is -1.97. The van der Waals surface area contributed by atoms with Gasteiger partial charge in [-0.1, -0.05) is 164 Å². The Labute approximate surface area is 322 Å². The van der Waals surface area contributed by atoms with E-state index in [1.165, 1.54) is 11.1 Å². The summed E-state index contributed by atoms with van der Waals surface area (Å²) in [5.74, 6) is 0.685. The quantitative estimate of drug-likeness (QED) is 0.172. The van der Waals surface area contributed by atoms with Gasteiger partial charge in [-0.3, -0.25) is 4.57 Å². The summed E-state index contributed by atoms with van der Waals surface area (Å²) in [5.41, 5.74) is 13.5. The Bertz CT molecular complexity index is 3200. The molecule has 262 valence electrons. The van der Waals surface area contributed by atoms with E-state index in [0.717, 1.165) is 88.9 Å². The number of hydrogen-bond donors (Lipinski definition) is 0. The molecule has 0 saturated carbocycles. The molecule has 0 fully saturated rings. The zero-order chi connectivity index (χ0) is 37.0. The van der Waals surface area contributed by atoms with Crippen molar-refractivity contribution in [3.05, 3.63) is 194 Å². The second-order valence-electron chi connectivity index (χ2n) is 14.0. The average Bonchev–Trinajstić information content (AvgIpc) is 3.82. The van der Waals surface area contributed by atoms with Gasteiger partial charge in [0.25, 0.3) is 0 Å². The number of furan rings is 1. The number of para-hydroxylation sites is 2. The van der Waals surface area contributed by atoms with E-state index in [-0.39, 0.29) is 0 Å². The van der Waals surface area contributed by atoms with Crippen molar-refractivity contribution in [1.29, 1.82) is 0 Å². The predicted molar refractivity (Wildman–Crippen MR) is 229 cm³/mol. The summed E-state index contributed by atoms with van der Waals surface area (Å²) in [5, 5.41) is 4.37. The summed E-state index contributed by atoms with van der Waals surface area (Å²) < 4.78 is 9.21. The van der Waals surface area contributed by atoms with Crippen LogP contribution in [-0.4, -0.2) is 19.5 Å². The maximum atomic E-state index is 6.98. The van der Waals surface area contributed by atoms with E-state index in [1.54, 1.807) is 0 Å². The molecule has 4 heterocycles. The van der Waals surface area contributed by atoms with Crippen molar-refractivity contribution >= 4 is 43.9 Å². The van der Waals surface area contributed by atoms with E-state index in [4.69, 9.17) is 19.4 Å². The van der Waals surface area contributed by atoms with Crippen molar-refractivity contribution in [2.45, 2.75) is 0 Å². The lowest BCUT2D eigenvalue weighted by atomic mass is 10.0. The van der Waals surface area contributed by atoms with Crippen LogP contribution in [0.15, 0.2) is 199 Å². The highest BCUT2D eigenvalue weighted by Gasteiger charge is 2.24. The maximum absolute atomic E-state index is 6.98. The van der Waals surface area contributed by atoms with Crippen molar-refractivity contribution in [1.82, 2.24) is 19.5 Å². The van der Waals surface area contributed by atoms with Crippen LogP contribution in [0.4, 0.5) is 0 Å². The molecule has 0 atom stereocenters. The van der Waals surface area contributed by atoms with Crippen molar-refractivity contribution in [3.63, 3.8) is 0 Å². The van der Waals surface area contributed by atoms with Crippen LogP contribution in [0.1, 0.15) is 0 Å². The number of nitrogens with zero attached hydrogens (tertiary/aromatic N) is 4. The second-order valence-corrected chi connectivity index (χ2v) is 14.0. The van der Waals surface area contributed by atoms with Gasteiger partial charge in [0, 0.05) is 44.1 Å². The molecule has 56 heavy (non-hydrogen) atoms. The molecule has 7 aromatic carbocycles. The van der Waals surface area contributed by atoms with Gasteiger partial charge in [0.1, 0.15) is 5.69 Å². The number of pyridine rings is 1. The van der Waals surface area contributed by atoms with E-state index < -0.39 is 0 Å². The fourth-order valence-electron chi connectivity index (χ4n) is 7.95. The van der Waals surface area contributed by atoms with Crippen LogP contribution in [0.5, 0.6) is 0 Å². The Morgan fingerprint density at radius 2 is 0.911 bits per heavy atom. The number of rotatable bonds is 6. The zero-order valence-corrected chi connectivity index (χ0v) is 30.2. The summed E-state index contributed by atoms with van der Waals surface area (Å²) >= 11 is 0. The van der Waals surface area contributed by atoms with E-state index in [0.29, 0.717) is 5.82 Å². The normalized spacial score (nSPS) is 11.6. The number of aromatic nitrogens is 4. The van der Waals surface area contributed by atoms with Crippen molar-refractivity contribution in [2.24, 2.45) is 0 Å². The van der Waals surface area contributed by atoms with Gasteiger partial charge in [0.05, 0.1) is 27.8 Å². The third kappa shape index (κ3) is 5.29. The molecule has 0 aliphatic carbocycles. The molecule has 0 radical (unpaired) electrons. The summed E-state index contributed by atoms with van der Waals surface area (Å²) in [7, 11) is 0. The van der Waals surface area contributed by atoms with Gasteiger partial charge < -0.3 is 4.42 Å². The van der Waals surface area contributed by atoms with Crippen LogP contribution in [0.25, 0.3) is 106 Å². The first-order valence-corrected chi connectivity index (χ1v) is 18.8. The van der Waals surface area contributed by atoms with Gasteiger partial charge in [0.2, 0.25) is 5.71 Å². The molecule has 0 amide bonds. The minimum absolute atomic E-state index is 0.685. The Hall–Kier alpha value is -7.63. The van der Waals surface area contributed by atoms with Gasteiger partial charge in [0.15, 0.2) is 11.4 Å². The lowest BCUT2D eigenvalue weighted by molar-refractivity contribution is 0.645. The third-order valence-corrected chi connectivity index (χ3v) is 10.6. The number of hydrogen-bond acceptors (Lipinski definition) is 4. The molecule has 5 nitrogen and oxygen atoms in total. The molecule has 0 saturated heterocycles. The highest BCUT2D eigenvalue weighted by molar-refractivity contribution is 6.28. The third-order valence-electron chi connectivity index (χ3n) is 10.6. The van der Waals surface area contributed by atoms with Crippen LogP contribution in [0.2, 0.25) is 0 Å². The molecular weight excluding hydrogens is 685 g/mol. The highest BCUT2D eigenvalue weighted by Crippen LogP contribution is 2.44. The van der Waals surface area contributed by atoms with Crippen LogP contribution in [-0.2, 0) is 0 Å². The average molecular weight is 717 g/mol. The molecule has 11 rings (SSSR count). The van der Waals surface area contributed by atoms with Gasteiger partial charge in [-0.15, -0.1) is 0 Å². The second kappa shape index (κ2) is 13.0. The molecule has 0 N–H and O–H groups in total. The zero-order valence-electron chi connectivity index (χ0n) is 30.2. The van der Waals surface area contributed by atoms with E-state index in [1.807, 2.05) is 48.5 Å². The van der Waals surface area contributed by atoms with Crippen molar-refractivity contribution < 1.29 is 4.42 Å². The SMILES string of the molecule is c1ccc(-c2ccc(-c3cc(-c4ccc(-n5c6ccccc6c6c7c(oc65)c(-c5ccccc5)nc5ccccc57)cc4)nc(-c4ccccc4)n3)cc2)cc1. The summed E-state index contributed by atoms with van der Waals surface area (Å²) in [6.07, 6.45) is 0. The topological polar surface area (TPSA) is 56.7 Å². The fraction of sp³-hybridized carbons (Fsp3) is 0. The summed E-state index contributed by atoms with van der Waals surface area (Å²) in [6.45, 7) is 0. The highest BCUT2D eigenvalue weighted by atomic mass is 16.3. The summed E-state index contributed by atoms with van der Waals surface area (Å²) in [4.78, 5) is 15.3. The minimum atomic E-state index is 0.685. The molecule has 0 spiro atoms. The van der Waals surface area contributed by atoms with E-state index in [2.05, 4.69) is 150 Å². The Morgan fingerprint density at radius 1 is 0.393 bits per heavy atom. The molecule has 0 bridgehead atoms. The Morgan fingerprint density at radius 3 is 1.59 bits per heavy atom. The first kappa shape index (κ1) is 31.9. The molecule has 0 aliphatic rings. The van der Waals surface area contributed by atoms with E-state index >= 15 is 0 Å². The van der Waals surface area contributed by atoms with Crippen LogP contribution >= 0.6 is 0 Å². The van der Waals surface area contributed by atoms with Gasteiger partial charge in [-0.05, 0) is 41.5 Å². The van der Waals surface area contributed by atoms with E-state index in [9.17, 15) is 0 Å². The number of benzene rings is 7. The fourth-order valence-corrected chi connectivity index (χ4v) is 7.95. The smallest absolute Gasteiger partial charge is 0.213 e. The minimum Gasteiger partial charge on any atom is -0.437 e. The van der Waals surface area contributed by atoms with Crippen molar-refractivity contribution in [2.75, 3.05) is 0 Å². The van der Waals surface area contributed by atoms with Gasteiger partial charge in [-0.2, -0.15) is 0 Å². The first-order valence-electron chi connectivity index (χ1n) is 18.8. The molecule has 0 aliphatic heterocycles. The lowest BCUT2D eigenvalue weighted by Gasteiger charge is -2.11.